The van der Waals surface area contributed by atoms with Gasteiger partial charge in [-0.3, -0.25) is 4.79 Å². The first-order valence-corrected chi connectivity index (χ1v) is 8.67. The van der Waals surface area contributed by atoms with Crippen LogP contribution in [0.25, 0.3) is 0 Å². The van der Waals surface area contributed by atoms with Crippen LogP contribution in [0.5, 0.6) is 5.75 Å². The molecule has 0 saturated carbocycles. The van der Waals surface area contributed by atoms with Crippen molar-refractivity contribution in [3.63, 3.8) is 0 Å². The normalized spacial score (nSPS) is 19.8. The van der Waals surface area contributed by atoms with Crippen molar-refractivity contribution in [2.24, 2.45) is 0 Å². The zero-order valence-corrected chi connectivity index (χ0v) is 15.8. The van der Waals surface area contributed by atoms with Crippen LogP contribution in [0.15, 0.2) is 12.1 Å². The molecule has 1 saturated heterocycles. The maximum atomic E-state index is 12.7. The molecule has 1 aromatic rings. The molecule has 2 rings (SSSR count). The third-order valence-corrected chi connectivity index (χ3v) is 4.60. The average Bonchev–Trinajstić information content (AvgIpc) is 2.63. The van der Waals surface area contributed by atoms with E-state index in [4.69, 9.17) is 31.5 Å². The van der Waals surface area contributed by atoms with Crippen molar-refractivity contribution in [1.82, 2.24) is 10.2 Å². The van der Waals surface area contributed by atoms with Gasteiger partial charge in [0, 0.05) is 19.7 Å². The first-order chi connectivity index (χ1) is 12.4. The number of methoxy groups -OCH3 is 2. The zero-order chi connectivity index (χ0) is 19.3. The number of rotatable bonds is 5. The lowest BCUT2D eigenvalue weighted by atomic mass is 10.0. The van der Waals surface area contributed by atoms with Crippen molar-refractivity contribution in [3.8, 4) is 5.75 Å². The number of nitrogens with one attached hydrogen (secondary N) is 1. The van der Waals surface area contributed by atoms with E-state index >= 15 is 0 Å². The fraction of sp³-hybridized carbons (Fsp3) is 0.529. The monoisotopic (exact) mass is 385 g/mol. The number of ether oxygens (including phenoxy) is 3. The SMILES string of the molecule is CCOC(=O)N1CC[C@@H](NC(=O)c2cc(Cl)c(N)cc2OC)[C@@H](OC)C1. The van der Waals surface area contributed by atoms with E-state index < -0.39 is 0 Å². The largest absolute Gasteiger partial charge is 0.496 e. The fourth-order valence-electron chi connectivity index (χ4n) is 2.86. The van der Waals surface area contributed by atoms with Gasteiger partial charge in [-0.2, -0.15) is 0 Å². The van der Waals surface area contributed by atoms with E-state index in [2.05, 4.69) is 5.32 Å². The molecule has 9 heteroatoms. The number of carbonyl (C=O) groups excluding carboxylic acids is 2. The van der Waals surface area contributed by atoms with E-state index in [0.29, 0.717) is 37.6 Å². The molecule has 1 aromatic carbocycles. The summed E-state index contributed by atoms with van der Waals surface area (Å²) in [6.45, 7) is 2.86. The van der Waals surface area contributed by atoms with Crippen LogP contribution in [-0.2, 0) is 9.47 Å². The van der Waals surface area contributed by atoms with Crippen molar-refractivity contribution in [2.45, 2.75) is 25.5 Å². The van der Waals surface area contributed by atoms with E-state index in [1.54, 1.807) is 18.9 Å². The highest BCUT2D eigenvalue weighted by Gasteiger charge is 2.33. The van der Waals surface area contributed by atoms with Gasteiger partial charge in [-0.15, -0.1) is 0 Å². The number of anilines is 1. The minimum absolute atomic E-state index is 0.265. The Morgan fingerprint density at radius 2 is 2.12 bits per heavy atom. The van der Waals surface area contributed by atoms with Crippen LogP contribution < -0.4 is 15.8 Å². The summed E-state index contributed by atoms with van der Waals surface area (Å²) in [7, 11) is 2.99. The number of nitrogen functional groups attached to an aromatic ring is 1. The Labute approximate surface area is 157 Å². The van der Waals surface area contributed by atoms with Gasteiger partial charge in [0.1, 0.15) is 5.75 Å². The highest BCUT2D eigenvalue weighted by molar-refractivity contribution is 6.33. The molecule has 1 aliphatic heterocycles. The van der Waals surface area contributed by atoms with Gasteiger partial charge in [0.25, 0.3) is 5.91 Å². The molecule has 1 fully saturated rings. The summed E-state index contributed by atoms with van der Waals surface area (Å²) in [6.07, 6.45) is -0.202. The Hall–Kier alpha value is -2.19. The third-order valence-electron chi connectivity index (χ3n) is 4.27. The van der Waals surface area contributed by atoms with Gasteiger partial charge in [-0.25, -0.2) is 4.79 Å². The van der Waals surface area contributed by atoms with Crippen molar-refractivity contribution < 1.29 is 23.8 Å². The van der Waals surface area contributed by atoms with Crippen molar-refractivity contribution in [3.05, 3.63) is 22.7 Å². The second kappa shape index (κ2) is 8.95. The second-order valence-electron chi connectivity index (χ2n) is 5.86. The minimum Gasteiger partial charge on any atom is -0.496 e. The number of nitrogens with zero attached hydrogens (tertiary/aromatic N) is 1. The number of amides is 2. The molecule has 1 heterocycles. The molecule has 144 valence electrons. The van der Waals surface area contributed by atoms with Gasteiger partial charge in [-0.05, 0) is 19.4 Å². The first-order valence-electron chi connectivity index (χ1n) is 8.29. The summed E-state index contributed by atoms with van der Waals surface area (Å²) in [6, 6.07) is 2.72. The Morgan fingerprint density at radius 1 is 1.38 bits per heavy atom. The Kier molecular flexibility index (Phi) is 6.93. The highest BCUT2D eigenvalue weighted by Crippen LogP contribution is 2.29. The lowest BCUT2D eigenvalue weighted by Gasteiger charge is -2.37. The predicted octanol–water partition coefficient (Wildman–Crippen LogP) is 1.91. The Morgan fingerprint density at radius 3 is 2.73 bits per heavy atom. The molecule has 26 heavy (non-hydrogen) atoms. The van der Waals surface area contributed by atoms with E-state index in [9.17, 15) is 9.59 Å². The van der Waals surface area contributed by atoms with Crippen LogP contribution in [0, 0.1) is 0 Å². The number of benzene rings is 1. The van der Waals surface area contributed by atoms with Crippen LogP contribution in [0.1, 0.15) is 23.7 Å². The number of hydrogen-bond donors (Lipinski definition) is 2. The molecule has 0 spiro atoms. The molecule has 8 nitrogen and oxygen atoms in total. The molecule has 2 atom stereocenters. The number of nitrogens with two attached hydrogens (primary N) is 1. The molecule has 0 bridgehead atoms. The minimum atomic E-state index is -0.383. The molecule has 1 aliphatic rings. The molecular formula is C17H24ClN3O5. The van der Waals surface area contributed by atoms with E-state index in [1.807, 2.05) is 0 Å². The van der Waals surface area contributed by atoms with Crippen LogP contribution >= 0.6 is 11.6 Å². The number of halogens is 1. The molecular weight excluding hydrogens is 362 g/mol. The highest BCUT2D eigenvalue weighted by atomic mass is 35.5. The zero-order valence-electron chi connectivity index (χ0n) is 15.1. The van der Waals surface area contributed by atoms with Crippen LogP contribution in [-0.4, -0.2) is 63.0 Å². The summed E-state index contributed by atoms with van der Waals surface area (Å²) in [5, 5.41) is 3.20. The summed E-state index contributed by atoms with van der Waals surface area (Å²) in [4.78, 5) is 26.1. The van der Waals surface area contributed by atoms with Crippen LogP contribution in [0.2, 0.25) is 5.02 Å². The molecule has 0 radical (unpaired) electrons. The Bertz CT molecular complexity index is 670. The van der Waals surface area contributed by atoms with Crippen molar-refractivity contribution in [1.29, 1.82) is 0 Å². The van der Waals surface area contributed by atoms with Crippen molar-refractivity contribution in [2.75, 3.05) is 39.6 Å². The standard InChI is InChI=1S/C17H24ClN3O5/c1-4-26-17(23)21-6-5-13(15(9-21)25-3)20-16(22)10-7-11(18)12(19)8-14(10)24-2/h7-8,13,15H,4-6,9,19H2,1-3H3,(H,20,22)/t13-,15+/m1/s1. The van der Waals surface area contributed by atoms with Crippen LogP contribution in [0.4, 0.5) is 10.5 Å². The van der Waals surface area contributed by atoms with Gasteiger partial charge in [0.15, 0.2) is 0 Å². The molecule has 2 amide bonds. The summed E-state index contributed by atoms with van der Waals surface area (Å²) < 4.78 is 15.7. The predicted molar refractivity (Wildman–Crippen MR) is 97.7 cm³/mol. The topological polar surface area (TPSA) is 103 Å². The lowest BCUT2D eigenvalue weighted by molar-refractivity contribution is 0.00453. The number of piperidine rings is 1. The van der Waals surface area contributed by atoms with Crippen LogP contribution in [0.3, 0.4) is 0 Å². The quantitative estimate of drug-likeness (QED) is 0.750. The maximum absolute atomic E-state index is 12.7. The van der Waals surface area contributed by atoms with Gasteiger partial charge >= 0.3 is 6.09 Å². The maximum Gasteiger partial charge on any atom is 0.409 e. The molecule has 0 aromatic heterocycles. The summed E-state index contributed by atoms with van der Waals surface area (Å²) in [5.74, 6) is -0.0114. The lowest BCUT2D eigenvalue weighted by Crippen LogP contribution is -2.56. The van der Waals surface area contributed by atoms with Crippen molar-refractivity contribution >= 4 is 29.3 Å². The summed E-state index contributed by atoms with van der Waals surface area (Å²) in [5.41, 5.74) is 6.37. The second-order valence-corrected chi connectivity index (χ2v) is 6.27. The van der Waals surface area contributed by atoms with Gasteiger partial charge in [0.05, 0.1) is 48.7 Å². The third kappa shape index (κ3) is 4.50. The first kappa shape index (κ1) is 20.1. The number of likely N-dealkylation sites (tertiary alicyclic amines) is 1. The number of hydrogen-bond acceptors (Lipinski definition) is 6. The van der Waals surface area contributed by atoms with Gasteiger partial charge < -0.3 is 30.2 Å². The molecule has 0 aliphatic carbocycles. The Balaban J connectivity index is 2.09. The van der Waals surface area contributed by atoms with E-state index in [1.165, 1.54) is 19.2 Å². The molecule has 0 unspecified atom stereocenters. The average molecular weight is 386 g/mol. The van der Waals surface area contributed by atoms with E-state index in [0.717, 1.165) is 0 Å². The summed E-state index contributed by atoms with van der Waals surface area (Å²) >= 11 is 6.03. The smallest absolute Gasteiger partial charge is 0.409 e. The number of carbonyl (C=O) groups is 2. The van der Waals surface area contributed by atoms with Gasteiger partial charge in [0.2, 0.25) is 0 Å². The fourth-order valence-corrected chi connectivity index (χ4v) is 3.03. The van der Waals surface area contributed by atoms with E-state index in [-0.39, 0.29) is 34.7 Å². The van der Waals surface area contributed by atoms with Gasteiger partial charge in [-0.1, -0.05) is 11.6 Å². The molecule has 3 N–H and O–H groups in total.